The highest BCUT2D eigenvalue weighted by Crippen LogP contribution is 2.28. The average Bonchev–Trinajstić information content (AvgIpc) is 3.33. The molecule has 1 N–H and O–H groups in total. The maximum absolute atomic E-state index is 13.2. The lowest BCUT2D eigenvalue weighted by Crippen LogP contribution is -2.18. The highest BCUT2D eigenvalue weighted by atomic mass is 32.2. The van der Waals surface area contributed by atoms with Crippen LogP contribution in [0.25, 0.3) is 10.7 Å². The summed E-state index contributed by atoms with van der Waals surface area (Å²) in [6, 6.07) is 8.11. The summed E-state index contributed by atoms with van der Waals surface area (Å²) < 4.78 is 10.1. The third kappa shape index (κ3) is 5.77. The van der Waals surface area contributed by atoms with E-state index in [4.69, 9.17) is 9.47 Å². The van der Waals surface area contributed by atoms with Crippen molar-refractivity contribution >= 4 is 46.6 Å². The molecule has 8 nitrogen and oxygen atoms in total. The molecule has 1 aromatic carbocycles. The molecule has 3 aromatic rings. The first-order chi connectivity index (χ1) is 15.9. The lowest BCUT2D eigenvalue weighted by Gasteiger charge is -2.13. The molecule has 172 valence electrons. The Hall–Kier alpha value is -3.24. The molecule has 0 unspecified atom stereocenters. The van der Waals surface area contributed by atoms with Crippen molar-refractivity contribution in [2.75, 3.05) is 24.8 Å². The number of thiophene rings is 1. The maximum Gasteiger partial charge on any atom is 0.338 e. The maximum atomic E-state index is 13.2. The Morgan fingerprint density at radius 2 is 1.67 bits per heavy atom. The molecule has 0 atom stereocenters. The molecule has 3 rings (SSSR count). The first-order valence-corrected chi connectivity index (χ1v) is 12.3. The molecule has 0 aliphatic heterocycles. The lowest BCUT2D eigenvalue weighted by molar-refractivity contribution is 0.0525. The third-order valence-electron chi connectivity index (χ3n) is 4.43. The van der Waals surface area contributed by atoms with Gasteiger partial charge >= 0.3 is 11.9 Å². The van der Waals surface area contributed by atoms with Gasteiger partial charge in [-0.3, -0.25) is 4.79 Å². The van der Waals surface area contributed by atoms with Gasteiger partial charge in [-0.15, -0.1) is 23.1 Å². The molecule has 0 saturated heterocycles. The van der Waals surface area contributed by atoms with Crippen LogP contribution >= 0.6 is 23.1 Å². The normalized spacial score (nSPS) is 10.5. The van der Waals surface area contributed by atoms with Crippen LogP contribution < -0.4 is 5.32 Å². The molecule has 2 aromatic heterocycles. The van der Waals surface area contributed by atoms with Crippen LogP contribution in [0, 0.1) is 6.92 Å². The van der Waals surface area contributed by atoms with E-state index in [0.29, 0.717) is 22.1 Å². The first-order valence-electron chi connectivity index (χ1n) is 10.1. The Kier molecular flexibility index (Phi) is 8.18. The highest BCUT2D eigenvalue weighted by molar-refractivity contribution is 7.98. The van der Waals surface area contributed by atoms with Crippen LogP contribution in [-0.2, 0) is 9.47 Å². The fraction of sp³-hybridized carbons (Fsp3) is 0.261. The van der Waals surface area contributed by atoms with Gasteiger partial charge in [-0.25, -0.2) is 19.6 Å². The molecule has 10 heteroatoms. The standard InChI is InChI=1S/C23H23N3O5S2/c1-5-30-22(28)14-10-15(23(29)31-6-2)12-16(11-14)25-20(27)18-13(3)24-19(26-21(18)32-4)17-8-7-9-33-17/h7-12H,5-6H2,1-4H3,(H,25,27). The van der Waals surface area contributed by atoms with Crippen LogP contribution in [0.1, 0.15) is 50.6 Å². The molecular formula is C23H23N3O5S2. The molecule has 33 heavy (non-hydrogen) atoms. The SMILES string of the molecule is CCOC(=O)c1cc(NC(=O)c2c(C)nc(-c3cccs3)nc2SC)cc(C(=O)OCC)c1. The number of carbonyl (C=O) groups is 3. The van der Waals surface area contributed by atoms with Gasteiger partial charge in [0.05, 0.1) is 40.5 Å². The summed E-state index contributed by atoms with van der Waals surface area (Å²) in [6.45, 7) is 5.46. The fourth-order valence-corrected chi connectivity index (χ4v) is 4.31. The fourth-order valence-electron chi connectivity index (χ4n) is 3.03. The number of rotatable bonds is 8. The number of anilines is 1. The van der Waals surface area contributed by atoms with E-state index in [0.717, 1.165) is 4.88 Å². The third-order valence-corrected chi connectivity index (χ3v) is 5.98. The van der Waals surface area contributed by atoms with E-state index in [1.807, 2.05) is 23.8 Å². The number of hydrogen-bond donors (Lipinski definition) is 1. The summed E-state index contributed by atoms with van der Waals surface area (Å²) in [5.41, 5.74) is 1.35. The molecule has 0 fully saturated rings. The molecule has 0 bridgehead atoms. The van der Waals surface area contributed by atoms with Crippen LogP contribution in [0.4, 0.5) is 5.69 Å². The predicted octanol–water partition coefficient (Wildman–Crippen LogP) is 4.84. The number of hydrogen-bond acceptors (Lipinski definition) is 9. The number of aromatic nitrogens is 2. The summed E-state index contributed by atoms with van der Waals surface area (Å²) in [5.74, 6) is -1.12. The molecule has 1 amide bonds. The number of benzene rings is 1. The van der Waals surface area contributed by atoms with Gasteiger partial charge in [-0.2, -0.15) is 0 Å². The average molecular weight is 486 g/mol. The molecule has 0 saturated carbocycles. The van der Waals surface area contributed by atoms with Gasteiger partial charge in [0.15, 0.2) is 5.82 Å². The van der Waals surface area contributed by atoms with Gasteiger partial charge < -0.3 is 14.8 Å². The number of aryl methyl sites for hydroxylation is 1. The van der Waals surface area contributed by atoms with Crippen LogP contribution in [0.15, 0.2) is 40.7 Å². The van der Waals surface area contributed by atoms with E-state index in [2.05, 4.69) is 15.3 Å². The zero-order valence-corrected chi connectivity index (χ0v) is 20.3. The van der Waals surface area contributed by atoms with E-state index in [9.17, 15) is 14.4 Å². The van der Waals surface area contributed by atoms with Crippen molar-refractivity contribution in [3.63, 3.8) is 0 Å². The number of carbonyl (C=O) groups excluding carboxylic acids is 3. The van der Waals surface area contributed by atoms with Crippen molar-refractivity contribution in [1.82, 2.24) is 9.97 Å². The molecule has 0 spiro atoms. The van der Waals surface area contributed by atoms with Crippen molar-refractivity contribution in [2.45, 2.75) is 25.8 Å². The second kappa shape index (κ2) is 11.1. The van der Waals surface area contributed by atoms with Crippen molar-refractivity contribution in [3.05, 3.63) is 58.1 Å². The number of ether oxygens (including phenoxy) is 2. The van der Waals surface area contributed by atoms with E-state index in [-0.39, 0.29) is 30.0 Å². The Morgan fingerprint density at radius 3 is 2.18 bits per heavy atom. The topological polar surface area (TPSA) is 107 Å². The van der Waals surface area contributed by atoms with Gasteiger partial charge in [0.25, 0.3) is 5.91 Å². The minimum absolute atomic E-state index is 0.129. The Labute approximate surface area is 199 Å². The predicted molar refractivity (Wildman–Crippen MR) is 128 cm³/mol. The van der Waals surface area contributed by atoms with Gasteiger partial charge in [0, 0.05) is 5.69 Å². The zero-order valence-electron chi connectivity index (χ0n) is 18.6. The van der Waals surface area contributed by atoms with Crippen molar-refractivity contribution in [3.8, 4) is 10.7 Å². The quantitative estimate of drug-likeness (QED) is 0.274. The van der Waals surface area contributed by atoms with Gasteiger partial charge in [-0.05, 0) is 56.7 Å². The molecule has 0 aliphatic rings. The van der Waals surface area contributed by atoms with Crippen molar-refractivity contribution < 1.29 is 23.9 Å². The summed E-state index contributed by atoms with van der Waals surface area (Å²) in [5, 5.41) is 5.22. The van der Waals surface area contributed by atoms with Crippen LogP contribution in [0.5, 0.6) is 0 Å². The lowest BCUT2D eigenvalue weighted by atomic mass is 10.1. The summed E-state index contributed by atoms with van der Waals surface area (Å²) in [7, 11) is 0. The van der Waals surface area contributed by atoms with E-state index in [1.54, 1.807) is 20.8 Å². The Bertz CT molecular complexity index is 1140. The number of nitrogens with zero attached hydrogens (tertiary/aromatic N) is 2. The van der Waals surface area contributed by atoms with Gasteiger partial charge in [0.1, 0.15) is 5.03 Å². The Balaban J connectivity index is 1.97. The molecule has 0 radical (unpaired) electrons. The minimum Gasteiger partial charge on any atom is -0.462 e. The number of esters is 2. The summed E-state index contributed by atoms with van der Waals surface area (Å²) in [6.07, 6.45) is 1.83. The van der Waals surface area contributed by atoms with E-state index >= 15 is 0 Å². The van der Waals surface area contributed by atoms with Crippen LogP contribution in [0.2, 0.25) is 0 Å². The number of nitrogens with one attached hydrogen (secondary N) is 1. The largest absolute Gasteiger partial charge is 0.462 e. The van der Waals surface area contributed by atoms with Crippen molar-refractivity contribution in [2.24, 2.45) is 0 Å². The van der Waals surface area contributed by atoms with E-state index in [1.165, 1.54) is 41.3 Å². The second-order valence-electron chi connectivity index (χ2n) is 6.69. The summed E-state index contributed by atoms with van der Waals surface area (Å²) >= 11 is 2.85. The summed E-state index contributed by atoms with van der Waals surface area (Å²) in [4.78, 5) is 47.7. The first kappa shape index (κ1) is 24.4. The van der Waals surface area contributed by atoms with Gasteiger partial charge in [0.2, 0.25) is 0 Å². The highest BCUT2D eigenvalue weighted by Gasteiger charge is 2.21. The Morgan fingerprint density at radius 1 is 1.03 bits per heavy atom. The van der Waals surface area contributed by atoms with Crippen LogP contribution in [0.3, 0.4) is 0 Å². The number of thioether (sulfide) groups is 1. The second-order valence-corrected chi connectivity index (χ2v) is 8.43. The van der Waals surface area contributed by atoms with Gasteiger partial charge in [-0.1, -0.05) is 6.07 Å². The zero-order chi connectivity index (χ0) is 24.0. The molecule has 0 aliphatic carbocycles. The smallest absolute Gasteiger partial charge is 0.338 e. The van der Waals surface area contributed by atoms with Crippen LogP contribution in [-0.4, -0.2) is 47.3 Å². The van der Waals surface area contributed by atoms with E-state index < -0.39 is 17.8 Å². The minimum atomic E-state index is -0.608. The monoisotopic (exact) mass is 485 g/mol. The molecule has 2 heterocycles. The number of amides is 1. The molecular weight excluding hydrogens is 462 g/mol. The van der Waals surface area contributed by atoms with Crippen molar-refractivity contribution in [1.29, 1.82) is 0 Å².